The van der Waals surface area contributed by atoms with Gasteiger partial charge in [0.25, 0.3) is 0 Å². The molecular weight excluding hydrogens is 182 g/mol. The number of hydrogen-bond acceptors (Lipinski definition) is 3. The SMILES string of the molecule is CC(C)CCO[N+](=O)OCCC(C)C. The van der Waals surface area contributed by atoms with Crippen LogP contribution in [0.5, 0.6) is 0 Å². The summed E-state index contributed by atoms with van der Waals surface area (Å²) in [5.74, 6) is 1.08. The van der Waals surface area contributed by atoms with E-state index in [4.69, 9.17) is 9.68 Å². The molecule has 0 fully saturated rings. The average molecular weight is 204 g/mol. The van der Waals surface area contributed by atoms with Crippen LogP contribution < -0.4 is 0 Å². The summed E-state index contributed by atoms with van der Waals surface area (Å²) in [6, 6.07) is 0. The van der Waals surface area contributed by atoms with Gasteiger partial charge in [0, 0.05) is 0 Å². The van der Waals surface area contributed by atoms with E-state index < -0.39 is 0 Å². The fraction of sp³-hybridized carbons (Fsp3) is 1.00. The van der Waals surface area contributed by atoms with Crippen LogP contribution in [0.25, 0.3) is 0 Å². The normalized spacial score (nSPS) is 10.7. The van der Waals surface area contributed by atoms with Gasteiger partial charge in [0.05, 0.1) is 0 Å². The van der Waals surface area contributed by atoms with Crippen molar-refractivity contribution in [3.8, 4) is 0 Å². The first-order valence-corrected chi connectivity index (χ1v) is 5.25. The van der Waals surface area contributed by atoms with Crippen LogP contribution in [-0.2, 0) is 9.68 Å². The molecule has 0 aliphatic rings. The molecule has 4 heteroatoms. The molecule has 0 aliphatic heterocycles. The van der Waals surface area contributed by atoms with Crippen molar-refractivity contribution >= 4 is 0 Å². The monoisotopic (exact) mass is 204 g/mol. The summed E-state index contributed by atoms with van der Waals surface area (Å²) in [4.78, 5) is 20.5. The average Bonchev–Trinajstić information content (AvgIpc) is 2.02. The fourth-order valence-corrected chi connectivity index (χ4v) is 0.763. The van der Waals surface area contributed by atoms with E-state index in [0.717, 1.165) is 12.8 Å². The van der Waals surface area contributed by atoms with E-state index in [1.165, 1.54) is 0 Å². The third kappa shape index (κ3) is 9.29. The van der Waals surface area contributed by atoms with Gasteiger partial charge in [0.2, 0.25) is 0 Å². The van der Waals surface area contributed by atoms with Gasteiger partial charge in [0.15, 0.2) is 13.2 Å². The zero-order chi connectivity index (χ0) is 11.0. The minimum Gasteiger partial charge on any atom is -0.187 e. The second-order valence-electron chi connectivity index (χ2n) is 4.26. The summed E-state index contributed by atoms with van der Waals surface area (Å²) in [6.07, 6.45) is 1.73. The first-order chi connectivity index (χ1) is 6.52. The van der Waals surface area contributed by atoms with Gasteiger partial charge in [-0.05, 0) is 24.7 Å². The molecule has 0 radical (unpaired) electrons. The molecular formula is C10H22NO3+. The molecule has 0 rings (SSSR count). The van der Waals surface area contributed by atoms with E-state index in [-0.39, 0.29) is 5.09 Å². The van der Waals surface area contributed by atoms with Gasteiger partial charge in [-0.25, -0.2) is 0 Å². The lowest BCUT2D eigenvalue weighted by Gasteiger charge is -2.00. The Kier molecular flexibility index (Phi) is 7.16. The van der Waals surface area contributed by atoms with Crippen LogP contribution in [0.4, 0.5) is 0 Å². The molecule has 0 bridgehead atoms. The van der Waals surface area contributed by atoms with Gasteiger partial charge in [0.1, 0.15) is 4.91 Å². The van der Waals surface area contributed by atoms with Crippen molar-refractivity contribution in [3.63, 3.8) is 0 Å². The Hall–Kier alpha value is -0.800. The van der Waals surface area contributed by atoms with Gasteiger partial charge in [-0.15, -0.1) is 0 Å². The molecule has 14 heavy (non-hydrogen) atoms. The highest BCUT2D eigenvalue weighted by molar-refractivity contribution is 4.40. The van der Waals surface area contributed by atoms with E-state index >= 15 is 0 Å². The molecule has 0 saturated carbocycles. The summed E-state index contributed by atoms with van der Waals surface area (Å²) < 4.78 is 0. The van der Waals surface area contributed by atoms with Crippen LogP contribution in [-0.4, -0.2) is 18.3 Å². The number of nitrogens with zero attached hydrogens (tertiary/aromatic N) is 1. The Balaban J connectivity index is 3.28. The Morgan fingerprint density at radius 3 is 1.57 bits per heavy atom. The van der Waals surface area contributed by atoms with Crippen molar-refractivity contribution in [2.24, 2.45) is 11.8 Å². The van der Waals surface area contributed by atoms with Crippen LogP contribution in [0.3, 0.4) is 0 Å². The molecule has 0 amide bonds. The Morgan fingerprint density at radius 2 is 1.29 bits per heavy atom. The Bertz CT molecular complexity index is 141. The van der Waals surface area contributed by atoms with Gasteiger partial charge >= 0.3 is 5.09 Å². The van der Waals surface area contributed by atoms with Gasteiger partial charge in [-0.1, -0.05) is 27.7 Å². The Labute approximate surface area is 86.1 Å². The van der Waals surface area contributed by atoms with Crippen molar-refractivity contribution in [1.29, 1.82) is 0 Å². The molecule has 0 spiro atoms. The van der Waals surface area contributed by atoms with E-state index in [1.54, 1.807) is 0 Å². The molecule has 0 heterocycles. The number of hydrogen-bond donors (Lipinski definition) is 0. The summed E-state index contributed by atoms with van der Waals surface area (Å²) in [7, 11) is 0. The van der Waals surface area contributed by atoms with E-state index in [0.29, 0.717) is 25.0 Å². The summed E-state index contributed by atoms with van der Waals surface area (Å²) in [6.45, 7) is 9.16. The van der Waals surface area contributed by atoms with Crippen molar-refractivity contribution in [2.45, 2.75) is 40.5 Å². The second kappa shape index (κ2) is 7.59. The van der Waals surface area contributed by atoms with Crippen molar-refractivity contribution in [3.05, 3.63) is 4.91 Å². The van der Waals surface area contributed by atoms with Crippen LogP contribution in [0, 0.1) is 16.7 Å². The third-order valence-corrected chi connectivity index (χ3v) is 1.78. The molecule has 0 N–H and O–H groups in total. The highest BCUT2D eigenvalue weighted by atomic mass is 17.0. The first-order valence-electron chi connectivity index (χ1n) is 5.25. The lowest BCUT2D eigenvalue weighted by Crippen LogP contribution is -2.14. The van der Waals surface area contributed by atoms with Crippen LogP contribution in [0.2, 0.25) is 0 Å². The maximum absolute atomic E-state index is 10.9. The highest BCUT2D eigenvalue weighted by Crippen LogP contribution is 2.01. The summed E-state index contributed by atoms with van der Waals surface area (Å²) in [5, 5.41) is 0.227. The Morgan fingerprint density at radius 1 is 0.929 bits per heavy atom. The molecule has 0 aromatic rings. The van der Waals surface area contributed by atoms with Crippen molar-refractivity contribution in [1.82, 2.24) is 0 Å². The van der Waals surface area contributed by atoms with E-state index in [9.17, 15) is 4.91 Å². The maximum Gasteiger partial charge on any atom is 0.477 e. The third-order valence-electron chi connectivity index (χ3n) is 1.78. The topological polar surface area (TPSA) is 38.5 Å². The van der Waals surface area contributed by atoms with Crippen molar-refractivity contribution in [2.75, 3.05) is 13.2 Å². The molecule has 0 saturated heterocycles. The number of rotatable bonds is 8. The van der Waals surface area contributed by atoms with E-state index in [1.807, 2.05) is 0 Å². The summed E-state index contributed by atoms with van der Waals surface area (Å²) >= 11 is 0. The highest BCUT2D eigenvalue weighted by Gasteiger charge is 2.12. The second-order valence-corrected chi connectivity index (χ2v) is 4.26. The predicted octanol–water partition coefficient (Wildman–Crippen LogP) is 2.72. The molecule has 0 unspecified atom stereocenters. The van der Waals surface area contributed by atoms with E-state index in [2.05, 4.69) is 27.7 Å². The lowest BCUT2D eigenvalue weighted by molar-refractivity contribution is -0.981. The zero-order valence-corrected chi connectivity index (χ0v) is 9.66. The molecule has 0 atom stereocenters. The lowest BCUT2D eigenvalue weighted by atomic mass is 10.1. The fourth-order valence-electron chi connectivity index (χ4n) is 0.763. The zero-order valence-electron chi connectivity index (χ0n) is 9.66. The first kappa shape index (κ1) is 13.2. The standard InChI is InChI=1S/C10H22NO3/c1-9(2)5-7-13-11(12)14-8-6-10(3)4/h9-10H,5-8H2,1-4H3/q+1. The minimum absolute atomic E-state index is 0.227. The molecule has 0 aromatic heterocycles. The maximum atomic E-state index is 10.9. The van der Waals surface area contributed by atoms with Gasteiger partial charge in [-0.2, -0.15) is 9.68 Å². The van der Waals surface area contributed by atoms with Crippen LogP contribution in [0.1, 0.15) is 40.5 Å². The smallest absolute Gasteiger partial charge is 0.187 e. The van der Waals surface area contributed by atoms with Gasteiger partial charge < -0.3 is 0 Å². The van der Waals surface area contributed by atoms with Crippen molar-refractivity contribution < 1.29 is 14.8 Å². The summed E-state index contributed by atoms with van der Waals surface area (Å²) in [5.41, 5.74) is 0. The quantitative estimate of drug-likeness (QED) is 0.571. The van der Waals surface area contributed by atoms with Crippen LogP contribution in [0.15, 0.2) is 0 Å². The molecule has 4 nitrogen and oxygen atoms in total. The van der Waals surface area contributed by atoms with Crippen LogP contribution >= 0.6 is 0 Å². The largest absolute Gasteiger partial charge is 0.477 e. The molecule has 0 aliphatic carbocycles. The minimum atomic E-state index is 0.227. The predicted molar refractivity (Wildman–Crippen MR) is 54.4 cm³/mol. The van der Waals surface area contributed by atoms with Gasteiger partial charge in [-0.3, -0.25) is 0 Å². The molecule has 0 aromatic carbocycles. The molecule has 84 valence electrons.